The second-order valence-electron chi connectivity index (χ2n) is 8.33. The lowest BCUT2D eigenvalue weighted by Gasteiger charge is -2.23. The average Bonchev–Trinajstić information content (AvgIpc) is 3.51. The number of fused-ring (bicyclic) bond motifs is 1. The predicted molar refractivity (Wildman–Crippen MR) is 124 cm³/mol. The minimum atomic E-state index is -5.08. The Labute approximate surface area is 222 Å². The van der Waals surface area contributed by atoms with Crippen LogP contribution in [0, 0.1) is 5.92 Å². The monoisotopic (exact) mass is 578 g/mol. The fourth-order valence-electron chi connectivity index (χ4n) is 3.43. The van der Waals surface area contributed by atoms with Gasteiger partial charge in [-0.25, -0.2) is 9.59 Å². The summed E-state index contributed by atoms with van der Waals surface area (Å²) in [5.41, 5.74) is 3.36. The van der Waals surface area contributed by atoms with E-state index in [9.17, 15) is 31.1 Å². The number of alkyl halides is 6. The van der Waals surface area contributed by atoms with Crippen molar-refractivity contribution < 1.29 is 55.4 Å². The Balaban J connectivity index is 0.000000333. The number of rotatable bonds is 5. The zero-order valence-electron chi connectivity index (χ0n) is 20.5. The van der Waals surface area contributed by atoms with E-state index in [1.807, 2.05) is 24.3 Å². The summed E-state index contributed by atoms with van der Waals surface area (Å²) < 4.78 is 70.8. The summed E-state index contributed by atoms with van der Waals surface area (Å²) in [7, 11) is 0. The Bertz CT molecular complexity index is 1200. The number of halogens is 6. The highest BCUT2D eigenvalue weighted by molar-refractivity contribution is 5.79. The summed E-state index contributed by atoms with van der Waals surface area (Å²) in [6, 6.07) is 9.99. The molecule has 0 saturated heterocycles. The van der Waals surface area contributed by atoms with Crippen molar-refractivity contribution in [2.45, 2.75) is 38.5 Å². The molecule has 0 aromatic carbocycles. The predicted octanol–water partition coefficient (Wildman–Crippen LogP) is 3.69. The van der Waals surface area contributed by atoms with Crippen molar-refractivity contribution in [2.24, 2.45) is 5.92 Å². The van der Waals surface area contributed by atoms with Gasteiger partial charge < -0.3 is 24.5 Å². The van der Waals surface area contributed by atoms with Crippen LogP contribution in [0.4, 0.5) is 26.3 Å². The first-order valence-electron chi connectivity index (χ1n) is 11.3. The summed E-state index contributed by atoms with van der Waals surface area (Å²) in [5, 5.41) is 17.3. The first-order valence-corrected chi connectivity index (χ1v) is 11.3. The van der Waals surface area contributed by atoms with Crippen LogP contribution in [0.25, 0.3) is 0 Å². The number of aliphatic carboxylic acids is 2. The van der Waals surface area contributed by atoms with Gasteiger partial charge in [0.05, 0.1) is 18.4 Å². The molecule has 1 aliphatic heterocycles. The standard InChI is InChI=1S/C20H22N4O2.2C2HF3O2/c25-20(22-10-16-3-1-6-21-9-16)18-12-23(11-17-5-8-26-15-17)14-19-4-2-7-24(19)13-18;2*3-2(4,5)1(6)7/h1-9,15,18H,10-14H2,(H,22,25);2*(H,6,7). The average molecular weight is 578 g/mol. The molecule has 40 heavy (non-hydrogen) atoms. The van der Waals surface area contributed by atoms with Crippen LogP contribution in [0.1, 0.15) is 16.8 Å². The van der Waals surface area contributed by atoms with Gasteiger partial charge in [-0.15, -0.1) is 0 Å². The summed E-state index contributed by atoms with van der Waals surface area (Å²) in [5.74, 6) is -5.54. The number of carbonyl (C=O) groups excluding carboxylic acids is 1. The Hall–Kier alpha value is -4.34. The third kappa shape index (κ3) is 10.8. The molecule has 3 aromatic rings. The van der Waals surface area contributed by atoms with Gasteiger partial charge in [-0.1, -0.05) is 6.07 Å². The van der Waals surface area contributed by atoms with E-state index in [4.69, 9.17) is 24.2 Å². The van der Waals surface area contributed by atoms with E-state index in [2.05, 4.69) is 32.0 Å². The van der Waals surface area contributed by atoms with E-state index in [1.165, 1.54) is 5.69 Å². The third-order valence-corrected chi connectivity index (χ3v) is 5.24. The molecule has 1 amide bonds. The van der Waals surface area contributed by atoms with Crippen LogP contribution in [0.15, 0.2) is 65.9 Å². The number of furan rings is 1. The molecule has 3 N–H and O–H groups in total. The summed E-state index contributed by atoms with van der Waals surface area (Å²) in [6.07, 6.45) is -1.14. The van der Waals surface area contributed by atoms with Crippen molar-refractivity contribution in [2.75, 3.05) is 6.54 Å². The van der Waals surface area contributed by atoms with Gasteiger partial charge >= 0.3 is 24.3 Å². The second-order valence-corrected chi connectivity index (χ2v) is 8.33. The van der Waals surface area contributed by atoms with Crippen LogP contribution < -0.4 is 5.32 Å². The van der Waals surface area contributed by atoms with Crippen LogP contribution in [0.2, 0.25) is 0 Å². The molecule has 16 heteroatoms. The lowest BCUT2D eigenvalue weighted by atomic mass is 10.1. The number of carbonyl (C=O) groups is 3. The van der Waals surface area contributed by atoms with Crippen LogP contribution in [-0.4, -0.2) is 61.4 Å². The van der Waals surface area contributed by atoms with Gasteiger partial charge in [0.25, 0.3) is 0 Å². The first-order chi connectivity index (χ1) is 18.7. The van der Waals surface area contributed by atoms with E-state index in [0.717, 1.165) is 24.2 Å². The zero-order valence-corrected chi connectivity index (χ0v) is 20.5. The van der Waals surface area contributed by atoms with Crippen molar-refractivity contribution >= 4 is 17.8 Å². The molecule has 1 atom stereocenters. The van der Waals surface area contributed by atoms with E-state index in [1.54, 1.807) is 24.9 Å². The number of nitrogens with one attached hydrogen (secondary N) is 1. The number of carboxylic acid groups (broad SMARTS) is 2. The highest BCUT2D eigenvalue weighted by Gasteiger charge is 2.38. The van der Waals surface area contributed by atoms with Crippen molar-refractivity contribution in [3.8, 4) is 0 Å². The normalized spacial score (nSPS) is 15.3. The van der Waals surface area contributed by atoms with E-state index >= 15 is 0 Å². The number of hydrogen-bond acceptors (Lipinski definition) is 6. The minimum absolute atomic E-state index is 0.0765. The van der Waals surface area contributed by atoms with Crippen molar-refractivity contribution in [1.29, 1.82) is 0 Å². The van der Waals surface area contributed by atoms with Crippen molar-refractivity contribution in [3.05, 3.63) is 78.3 Å². The highest BCUT2D eigenvalue weighted by Crippen LogP contribution is 2.20. The van der Waals surface area contributed by atoms with Crippen LogP contribution in [-0.2, 0) is 40.6 Å². The van der Waals surface area contributed by atoms with Crippen LogP contribution >= 0.6 is 0 Å². The first kappa shape index (κ1) is 31.9. The summed E-state index contributed by atoms with van der Waals surface area (Å²) >= 11 is 0. The van der Waals surface area contributed by atoms with Gasteiger partial charge in [0.15, 0.2) is 0 Å². The number of pyridine rings is 1. The molecule has 4 rings (SSSR count). The van der Waals surface area contributed by atoms with Gasteiger partial charge in [0.1, 0.15) is 0 Å². The van der Waals surface area contributed by atoms with Crippen LogP contribution in [0.5, 0.6) is 0 Å². The lowest BCUT2D eigenvalue weighted by molar-refractivity contribution is -0.193. The number of nitrogens with zero attached hydrogens (tertiary/aromatic N) is 3. The van der Waals surface area contributed by atoms with E-state index < -0.39 is 24.3 Å². The van der Waals surface area contributed by atoms with Crippen LogP contribution in [0.3, 0.4) is 0 Å². The largest absolute Gasteiger partial charge is 0.490 e. The Morgan fingerprint density at radius 1 is 0.975 bits per heavy atom. The highest BCUT2D eigenvalue weighted by atomic mass is 19.4. The number of amides is 1. The van der Waals surface area contributed by atoms with Gasteiger partial charge in [-0.3, -0.25) is 14.7 Å². The van der Waals surface area contributed by atoms with Gasteiger partial charge in [-0.2, -0.15) is 26.3 Å². The molecule has 0 aliphatic carbocycles. The molecule has 1 aliphatic rings. The van der Waals surface area contributed by atoms with Gasteiger partial charge in [0.2, 0.25) is 5.91 Å². The summed E-state index contributed by atoms with van der Waals surface area (Å²) in [6.45, 7) is 3.51. The molecule has 218 valence electrons. The molecule has 3 aromatic heterocycles. The van der Waals surface area contributed by atoms with Crippen molar-refractivity contribution in [3.63, 3.8) is 0 Å². The van der Waals surface area contributed by atoms with Crippen molar-refractivity contribution in [1.82, 2.24) is 19.8 Å². The smallest absolute Gasteiger partial charge is 0.475 e. The molecule has 0 bridgehead atoms. The maximum atomic E-state index is 12.8. The van der Waals surface area contributed by atoms with E-state index in [0.29, 0.717) is 19.6 Å². The molecular weight excluding hydrogens is 554 g/mol. The molecular formula is C24H24F6N4O6. The molecule has 0 radical (unpaired) electrons. The van der Waals surface area contributed by atoms with Gasteiger partial charge in [0, 0.05) is 62.6 Å². The fraction of sp³-hybridized carbons (Fsp3) is 0.333. The molecule has 0 spiro atoms. The van der Waals surface area contributed by atoms with Gasteiger partial charge in [-0.05, 0) is 29.8 Å². The number of aromatic nitrogens is 2. The quantitative estimate of drug-likeness (QED) is 0.390. The lowest BCUT2D eigenvalue weighted by Crippen LogP contribution is -2.38. The second kappa shape index (κ2) is 14.2. The number of hydrogen-bond donors (Lipinski definition) is 3. The third-order valence-electron chi connectivity index (χ3n) is 5.24. The molecule has 10 nitrogen and oxygen atoms in total. The maximum absolute atomic E-state index is 12.8. The SMILES string of the molecule is O=C(NCc1cccnc1)C1CN(Cc2ccoc2)Cc2cccn2C1.O=C(O)C(F)(F)F.O=C(O)C(F)(F)F. The fourth-order valence-corrected chi connectivity index (χ4v) is 3.43. The number of carboxylic acids is 2. The Morgan fingerprint density at radius 3 is 2.15 bits per heavy atom. The zero-order chi connectivity index (χ0) is 29.9. The Morgan fingerprint density at radius 2 is 1.62 bits per heavy atom. The molecule has 1 unspecified atom stereocenters. The van der Waals surface area contributed by atoms with E-state index in [-0.39, 0.29) is 11.8 Å². The molecule has 4 heterocycles. The topological polar surface area (TPSA) is 138 Å². The molecule has 0 saturated carbocycles. The summed E-state index contributed by atoms with van der Waals surface area (Å²) in [4.78, 5) is 37.0. The Kier molecular flexibility index (Phi) is 11.3. The molecule has 0 fully saturated rings. The minimum Gasteiger partial charge on any atom is -0.475 e. The maximum Gasteiger partial charge on any atom is 0.490 e.